The zero-order valence-corrected chi connectivity index (χ0v) is 19.2. The second kappa shape index (κ2) is 8.96. The van der Waals surface area contributed by atoms with Crippen LogP contribution in [-0.2, 0) is 4.79 Å². The molecule has 1 amide bonds. The first kappa shape index (κ1) is 20.9. The van der Waals surface area contributed by atoms with E-state index in [4.69, 9.17) is 9.73 Å². The number of rotatable bonds is 5. The maximum Gasteiger partial charge on any atom is 0.284 e. The summed E-state index contributed by atoms with van der Waals surface area (Å²) in [5, 5.41) is 0.538. The van der Waals surface area contributed by atoms with E-state index in [9.17, 15) is 4.79 Å². The second-order valence-electron chi connectivity index (χ2n) is 7.78. The third-order valence-electron chi connectivity index (χ3n) is 5.38. The lowest BCUT2D eigenvalue weighted by atomic mass is 10.2. The van der Waals surface area contributed by atoms with Crippen molar-refractivity contribution in [2.24, 2.45) is 4.99 Å². The third-order valence-corrected chi connectivity index (χ3v) is 6.37. The Bertz CT molecular complexity index is 1560. The summed E-state index contributed by atoms with van der Waals surface area (Å²) in [5.74, 6) is 1.72. The molecule has 6 rings (SSSR count). The van der Waals surface area contributed by atoms with Crippen molar-refractivity contribution in [3.8, 4) is 11.5 Å². The molecule has 0 saturated carbocycles. The van der Waals surface area contributed by atoms with Gasteiger partial charge in [-0.25, -0.2) is 14.9 Å². The van der Waals surface area contributed by atoms with Crippen molar-refractivity contribution in [3.63, 3.8) is 0 Å². The third kappa shape index (κ3) is 4.20. The van der Waals surface area contributed by atoms with Crippen LogP contribution in [-0.4, -0.2) is 21.7 Å². The summed E-state index contributed by atoms with van der Waals surface area (Å²) in [6.07, 6.45) is 3.47. The maximum absolute atomic E-state index is 13.6. The van der Waals surface area contributed by atoms with Crippen molar-refractivity contribution in [2.75, 3.05) is 4.90 Å². The highest BCUT2D eigenvalue weighted by atomic mass is 32.1. The lowest BCUT2D eigenvalue weighted by Gasteiger charge is -2.14. The molecule has 1 aliphatic heterocycles. The number of fused-ring (bicyclic) bond motifs is 1. The van der Waals surface area contributed by atoms with Gasteiger partial charge in [0.05, 0.1) is 4.70 Å². The van der Waals surface area contributed by atoms with Gasteiger partial charge in [-0.2, -0.15) is 4.98 Å². The molecule has 168 valence electrons. The molecule has 0 radical (unpaired) electrons. The summed E-state index contributed by atoms with van der Waals surface area (Å²) < 4.78 is 6.86. The van der Waals surface area contributed by atoms with Crippen LogP contribution < -0.4 is 9.64 Å². The molecule has 35 heavy (non-hydrogen) atoms. The molecule has 0 fully saturated rings. The Morgan fingerprint density at radius 2 is 1.60 bits per heavy atom. The molecule has 1 aliphatic rings. The number of aromatic nitrogens is 2. The fourth-order valence-corrected chi connectivity index (χ4v) is 4.70. The number of amides is 1. The summed E-state index contributed by atoms with van der Waals surface area (Å²) in [6, 6.07) is 30.6. The predicted octanol–water partition coefficient (Wildman–Crippen LogP) is 6.32. The Morgan fingerprint density at radius 3 is 2.40 bits per heavy atom. The van der Waals surface area contributed by atoms with E-state index < -0.39 is 0 Å². The minimum absolute atomic E-state index is 0.239. The molecular formula is C28H18N4O2S. The summed E-state index contributed by atoms with van der Waals surface area (Å²) in [5.41, 5.74) is 2.58. The normalized spacial score (nSPS) is 14.5. The number of carbonyl (C=O) groups excluding carboxylic acids is 1. The van der Waals surface area contributed by atoms with Crippen molar-refractivity contribution in [1.82, 2.24) is 9.97 Å². The van der Waals surface area contributed by atoms with Gasteiger partial charge in [0.1, 0.15) is 23.0 Å². The SMILES string of the molecule is O=C1C(=Cc2cccc(Oc3ccccc3)c2)N=C(c2ccccc2)N1c1nc2ncccc2s1. The van der Waals surface area contributed by atoms with Crippen molar-refractivity contribution >= 4 is 44.6 Å². The zero-order chi connectivity index (χ0) is 23.6. The summed E-state index contributed by atoms with van der Waals surface area (Å²) in [6.45, 7) is 0. The Labute approximate surface area is 205 Å². The molecule has 6 nitrogen and oxygen atoms in total. The molecule has 0 atom stereocenters. The average Bonchev–Trinajstić information content (AvgIpc) is 3.46. The fraction of sp³-hybridized carbons (Fsp3) is 0. The number of aliphatic imine (C=N–C) groups is 1. The van der Waals surface area contributed by atoms with Gasteiger partial charge in [0.15, 0.2) is 5.65 Å². The lowest BCUT2D eigenvalue weighted by molar-refractivity contribution is -0.113. The van der Waals surface area contributed by atoms with Crippen LogP contribution in [0.1, 0.15) is 11.1 Å². The number of hydrogen-bond donors (Lipinski definition) is 0. The predicted molar refractivity (Wildman–Crippen MR) is 139 cm³/mol. The van der Waals surface area contributed by atoms with Crippen LogP contribution in [0.4, 0.5) is 5.13 Å². The number of hydrogen-bond acceptors (Lipinski definition) is 6. The van der Waals surface area contributed by atoms with Gasteiger partial charge >= 0.3 is 0 Å². The van der Waals surface area contributed by atoms with E-state index in [1.165, 1.54) is 11.3 Å². The fourth-order valence-electron chi connectivity index (χ4n) is 3.78. The minimum atomic E-state index is -0.239. The summed E-state index contributed by atoms with van der Waals surface area (Å²) in [4.78, 5) is 28.8. The lowest BCUT2D eigenvalue weighted by Crippen LogP contribution is -2.32. The van der Waals surface area contributed by atoms with Crippen molar-refractivity contribution in [1.29, 1.82) is 0 Å². The number of nitrogens with zero attached hydrogens (tertiary/aromatic N) is 4. The first-order valence-electron chi connectivity index (χ1n) is 11.0. The second-order valence-corrected chi connectivity index (χ2v) is 8.79. The van der Waals surface area contributed by atoms with Crippen molar-refractivity contribution in [2.45, 2.75) is 0 Å². The van der Waals surface area contributed by atoms with E-state index in [0.717, 1.165) is 21.6 Å². The van der Waals surface area contributed by atoms with Crippen LogP contribution in [0.25, 0.3) is 16.4 Å². The monoisotopic (exact) mass is 474 g/mol. The number of ether oxygens (including phenoxy) is 1. The number of anilines is 1. The average molecular weight is 475 g/mol. The molecule has 0 N–H and O–H groups in total. The van der Waals surface area contributed by atoms with E-state index in [2.05, 4.69) is 9.97 Å². The summed E-state index contributed by atoms with van der Waals surface area (Å²) in [7, 11) is 0. The van der Waals surface area contributed by atoms with Gasteiger partial charge in [0, 0.05) is 11.8 Å². The molecule has 7 heteroatoms. The molecule has 0 unspecified atom stereocenters. The molecule has 2 aromatic heterocycles. The van der Waals surface area contributed by atoms with Crippen LogP contribution in [0.3, 0.4) is 0 Å². The molecule has 0 aliphatic carbocycles. The zero-order valence-electron chi connectivity index (χ0n) is 18.4. The quantitative estimate of drug-likeness (QED) is 0.280. The molecule has 0 bridgehead atoms. The van der Waals surface area contributed by atoms with Gasteiger partial charge in [0.2, 0.25) is 5.13 Å². The van der Waals surface area contributed by atoms with Crippen molar-refractivity contribution < 1.29 is 9.53 Å². The number of para-hydroxylation sites is 1. The number of amidine groups is 1. The Morgan fingerprint density at radius 1 is 0.829 bits per heavy atom. The van der Waals surface area contributed by atoms with E-state index in [0.29, 0.717) is 28.1 Å². The highest BCUT2D eigenvalue weighted by Gasteiger charge is 2.34. The highest BCUT2D eigenvalue weighted by molar-refractivity contribution is 7.22. The standard InChI is InChI=1S/C28H18N4O2S/c33-27-23(18-19-9-7-14-22(17-19)34-21-12-5-2-6-13-21)30-26(20-10-3-1-4-11-20)32(27)28-31-25-24(35-28)15-8-16-29-25/h1-18H. The first-order valence-corrected chi connectivity index (χ1v) is 11.8. The van der Waals surface area contributed by atoms with Crippen LogP contribution >= 0.6 is 11.3 Å². The maximum atomic E-state index is 13.6. The largest absolute Gasteiger partial charge is 0.457 e. The Kier molecular flexibility index (Phi) is 5.37. The van der Waals surface area contributed by atoms with Crippen molar-refractivity contribution in [3.05, 3.63) is 120 Å². The van der Waals surface area contributed by atoms with Gasteiger partial charge < -0.3 is 4.74 Å². The van der Waals surface area contributed by atoms with E-state index in [-0.39, 0.29) is 5.91 Å². The van der Waals surface area contributed by atoms with Gasteiger partial charge in [0.25, 0.3) is 5.91 Å². The molecule has 0 spiro atoms. The van der Waals surface area contributed by atoms with Crippen LogP contribution in [0.5, 0.6) is 11.5 Å². The first-order chi connectivity index (χ1) is 17.2. The molecule has 0 saturated heterocycles. The van der Waals surface area contributed by atoms with Gasteiger partial charge in [-0.15, -0.1) is 0 Å². The van der Waals surface area contributed by atoms with Gasteiger partial charge in [-0.1, -0.05) is 72.0 Å². The molecule has 3 heterocycles. The highest BCUT2D eigenvalue weighted by Crippen LogP contribution is 2.33. The van der Waals surface area contributed by atoms with Crippen LogP contribution in [0.2, 0.25) is 0 Å². The smallest absolute Gasteiger partial charge is 0.284 e. The van der Waals surface area contributed by atoms with Crippen LogP contribution in [0.15, 0.2) is 114 Å². The van der Waals surface area contributed by atoms with Gasteiger partial charge in [-0.3, -0.25) is 4.79 Å². The summed E-state index contributed by atoms with van der Waals surface area (Å²) >= 11 is 1.41. The number of thiazole rings is 1. The van der Waals surface area contributed by atoms with E-state index in [1.54, 1.807) is 17.2 Å². The number of pyridine rings is 1. The van der Waals surface area contributed by atoms with E-state index >= 15 is 0 Å². The van der Waals surface area contributed by atoms with Crippen LogP contribution in [0, 0.1) is 0 Å². The molecule has 5 aromatic rings. The number of carbonyl (C=O) groups is 1. The topological polar surface area (TPSA) is 67.7 Å². The van der Waals surface area contributed by atoms with E-state index in [1.807, 2.05) is 97.1 Å². The minimum Gasteiger partial charge on any atom is -0.457 e. The Balaban J connectivity index is 1.39. The molecule has 3 aromatic carbocycles. The molecular weight excluding hydrogens is 456 g/mol. The number of benzene rings is 3. The van der Waals surface area contributed by atoms with Gasteiger partial charge in [-0.05, 0) is 48.0 Å². The Hall–Kier alpha value is -4.62.